The maximum absolute atomic E-state index is 9.49. The van der Waals surface area contributed by atoms with Gasteiger partial charge in [0.2, 0.25) is 0 Å². The molecule has 100 valence electrons. The van der Waals surface area contributed by atoms with Crippen LogP contribution in [0.3, 0.4) is 0 Å². The summed E-state index contributed by atoms with van der Waals surface area (Å²) in [6.45, 7) is 2.79. The molecule has 0 bridgehead atoms. The average Bonchev–Trinajstić information content (AvgIpc) is 2.80. The summed E-state index contributed by atoms with van der Waals surface area (Å²) in [6, 6.07) is 16.6. The van der Waals surface area contributed by atoms with E-state index in [1.54, 1.807) is 0 Å². The molecule has 0 aliphatic carbocycles. The molecule has 2 aromatic carbocycles. The van der Waals surface area contributed by atoms with Crippen LogP contribution in [0.1, 0.15) is 17.0 Å². The highest BCUT2D eigenvalue weighted by Crippen LogP contribution is 2.39. The van der Waals surface area contributed by atoms with Crippen molar-refractivity contribution in [3.05, 3.63) is 65.6 Å². The molecular formula is C18H13N3. The van der Waals surface area contributed by atoms with Crippen LogP contribution in [0.2, 0.25) is 0 Å². The van der Waals surface area contributed by atoms with Gasteiger partial charge in [-0.05, 0) is 29.7 Å². The largest absolute Gasteiger partial charge is 0.324 e. The molecule has 0 fully saturated rings. The van der Waals surface area contributed by atoms with Crippen molar-refractivity contribution in [2.24, 2.45) is 0 Å². The van der Waals surface area contributed by atoms with E-state index in [-0.39, 0.29) is 0 Å². The molecular weight excluding hydrogens is 258 g/mol. The Morgan fingerprint density at radius 3 is 2.76 bits per heavy atom. The summed E-state index contributed by atoms with van der Waals surface area (Å²) in [5.41, 5.74) is 6.29. The van der Waals surface area contributed by atoms with Gasteiger partial charge in [0.25, 0.3) is 0 Å². The van der Waals surface area contributed by atoms with Gasteiger partial charge in [-0.2, -0.15) is 5.26 Å². The molecule has 4 rings (SSSR count). The van der Waals surface area contributed by atoms with E-state index in [0.29, 0.717) is 5.56 Å². The summed E-state index contributed by atoms with van der Waals surface area (Å²) in [6.07, 6.45) is 1.88. The monoisotopic (exact) mass is 271 g/mol. The van der Waals surface area contributed by atoms with E-state index in [0.717, 1.165) is 29.2 Å². The highest BCUT2D eigenvalue weighted by atomic mass is 15.1. The second-order valence-electron chi connectivity index (χ2n) is 5.27. The van der Waals surface area contributed by atoms with Crippen molar-refractivity contribution in [3.63, 3.8) is 0 Å². The number of rotatable bonds is 0. The molecule has 2 heterocycles. The van der Waals surface area contributed by atoms with Crippen LogP contribution in [0.4, 0.5) is 0 Å². The van der Waals surface area contributed by atoms with Gasteiger partial charge in [-0.1, -0.05) is 36.4 Å². The molecule has 1 aliphatic rings. The van der Waals surface area contributed by atoms with Crippen molar-refractivity contribution in [2.75, 3.05) is 0 Å². The maximum Gasteiger partial charge on any atom is 0.106 e. The Morgan fingerprint density at radius 2 is 1.90 bits per heavy atom. The van der Waals surface area contributed by atoms with Gasteiger partial charge in [0.1, 0.15) is 5.82 Å². The summed E-state index contributed by atoms with van der Waals surface area (Å²) in [4.78, 5) is 4.44. The van der Waals surface area contributed by atoms with Crippen molar-refractivity contribution in [2.45, 2.75) is 13.5 Å². The minimum Gasteiger partial charge on any atom is -0.324 e. The Morgan fingerprint density at radius 1 is 1.10 bits per heavy atom. The predicted octanol–water partition coefficient (Wildman–Crippen LogP) is 3.76. The van der Waals surface area contributed by atoms with E-state index in [4.69, 9.17) is 0 Å². The minimum absolute atomic E-state index is 0.699. The molecule has 21 heavy (non-hydrogen) atoms. The Labute approximate surface area is 123 Å². The van der Waals surface area contributed by atoms with Crippen LogP contribution >= 0.6 is 0 Å². The van der Waals surface area contributed by atoms with Crippen LogP contribution < -0.4 is 0 Å². The molecule has 0 atom stereocenters. The minimum atomic E-state index is 0.699. The van der Waals surface area contributed by atoms with Crippen LogP contribution in [-0.4, -0.2) is 9.55 Å². The first-order valence-corrected chi connectivity index (χ1v) is 6.93. The van der Waals surface area contributed by atoms with Crippen molar-refractivity contribution >= 4 is 0 Å². The van der Waals surface area contributed by atoms with Crippen molar-refractivity contribution in [1.82, 2.24) is 9.55 Å². The smallest absolute Gasteiger partial charge is 0.106 e. The Hall–Kier alpha value is -2.86. The number of aryl methyl sites for hydroxylation is 1. The van der Waals surface area contributed by atoms with E-state index >= 15 is 0 Å². The third-order valence-corrected chi connectivity index (χ3v) is 4.13. The van der Waals surface area contributed by atoms with Gasteiger partial charge >= 0.3 is 0 Å². The quantitative estimate of drug-likeness (QED) is 0.488. The van der Waals surface area contributed by atoms with E-state index in [2.05, 4.69) is 39.9 Å². The fourth-order valence-corrected chi connectivity index (χ4v) is 3.10. The zero-order valence-electron chi connectivity index (χ0n) is 11.7. The van der Waals surface area contributed by atoms with Gasteiger partial charge in [0.15, 0.2) is 0 Å². The topological polar surface area (TPSA) is 41.6 Å². The first kappa shape index (κ1) is 11.9. The van der Waals surface area contributed by atoms with E-state index in [1.807, 2.05) is 31.3 Å². The van der Waals surface area contributed by atoms with Crippen molar-refractivity contribution in [3.8, 4) is 28.5 Å². The summed E-state index contributed by atoms with van der Waals surface area (Å²) < 4.78 is 2.19. The fraction of sp³-hybridized carbons (Fsp3) is 0.111. The van der Waals surface area contributed by atoms with E-state index in [1.165, 1.54) is 11.1 Å². The Balaban J connectivity index is 2.18. The van der Waals surface area contributed by atoms with Crippen molar-refractivity contribution < 1.29 is 0 Å². The molecule has 0 N–H and O–H groups in total. The van der Waals surface area contributed by atoms with Crippen molar-refractivity contribution in [1.29, 1.82) is 5.26 Å². The summed E-state index contributed by atoms with van der Waals surface area (Å²) in [7, 11) is 0. The molecule has 1 aliphatic heterocycles. The third kappa shape index (κ3) is 1.63. The third-order valence-electron chi connectivity index (χ3n) is 4.13. The Bertz CT molecular complexity index is 897. The van der Waals surface area contributed by atoms with Gasteiger partial charge in [0.05, 0.1) is 23.5 Å². The second kappa shape index (κ2) is 4.32. The summed E-state index contributed by atoms with van der Waals surface area (Å²) in [5.74, 6) is 0.973. The molecule has 0 spiro atoms. The number of hydrogen-bond donors (Lipinski definition) is 0. The predicted molar refractivity (Wildman–Crippen MR) is 81.7 cm³/mol. The fourth-order valence-electron chi connectivity index (χ4n) is 3.10. The molecule has 3 aromatic rings. The molecule has 0 unspecified atom stereocenters. The highest BCUT2D eigenvalue weighted by Gasteiger charge is 2.22. The van der Waals surface area contributed by atoms with Gasteiger partial charge < -0.3 is 4.57 Å². The molecule has 0 amide bonds. The number of benzene rings is 2. The summed E-state index contributed by atoms with van der Waals surface area (Å²) in [5, 5.41) is 9.49. The molecule has 0 saturated heterocycles. The number of aromatic nitrogens is 2. The summed E-state index contributed by atoms with van der Waals surface area (Å²) >= 11 is 0. The lowest BCUT2D eigenvalue weighted by Crippen LogP contribution is -2.02. The number of fused-ring (bicyclic) bond motifs is 5. The van der Waals surface area contributed by atoms with E-state index in [9.17, 15) is 5.26 Å². The normalized spacial score (nSPS) is 11.8. The SMILES string of the molecule is Cc1ncc2n1Cc1ccccc1-c1cccc(C#N)c1-2. The van der Waals surface area contributed by atoms with Gasteiger partial charge in [-0.25, -0.2) is 4.98 Å². The lowest BCUT2D eigenvalue weighted by molar-refractivity contribution is 0.773. The average molecular weight is 271 g/mol. The first-order chi connectivity index (χ1) is 10.3. The van der Waals surface area contributed by atoms with Crippen LogP contribution in [0.5, 0.6) is 0 Å². The molecule has 3 nitrogen and oxygen atoms in total. The van der Waals surface area contributed by atoms with Gasteiger partial charge in [0, 0.05) is 12.1 Å². The lowest BCUT2D eigenvalue weighted by atomic mass is 9.92. The highest BCUT2D eigenvalue weighted by molar-refractivity contribution is 5.88. The van der Waals surface area contributed by atoms with Crippen LogP contribution in [0.25, 0.3) is 22.4 Å². The zero-order chi connectivity index (χ0) is 14.4. The molecule has 0 saturated carbocycles. The van der Waals surface area contributed by atoms with Gasteiger partial charge in [-0.3, -0.25) is 0 Å². The maximum atomic E-state index is 9.49. The standard InChI is InChI=1S/C18H13N3/c1-12-20-10-17-18-13(9-19)6-4-8-16(18)15-7-3-2-5-14(15)11-21(12)17/h2-8,10H,11H2,1H3. The number of nitrogens with zero attached hydrogens (tertiary/aromatic N) is 3. The van der Waals surface area contributed by atoms with Crippen LogP contribution in [-0.2, 0) is 6.54 Å². The second-order valence-corrected chi connectivity index (χ2v) is 5.27. The molecule has 3 heteroatoms. The van der Waals surface area contributed by atoms with Gasteiger partial charge in [-0.15, -0.1) is 0 Å². The number of hydrogen-bond acceptors (Lipinski definition) is 2. The molecule has 1 aromatic heterocycles. The number of imidazole rings is 1. The first-order valence-electron chi connectivity index (χ1n) is 6.93. The van der Waals surface area contributed by atoms with Crippen LogP contribution in [0, 0.1) is 18.3 Å². The Kier molecular flexibility index (Phi) is 2.45. The lowest BCUT2D eigenvalue weighted by Gasteiger charge is -2.09. The zero-order valence-corrected chi connectivity index (χ0v) is 11.7. The van der Waals surface area contributed by atoms with Crippen LogP contribution in [0.15, 0.2) is 48.7 Å². The molecule has 0 radical (unpaired) electrons. The number of nitriles is 1. The van der Waals surface area contributed by atoms with E-state index < -0.39 is 0 Å².